The van der Waals surface area contributed by atoms with Crippen LogP contribution in [0.4, 0.5) is 0 Å². The molecule has 3 heterocycles. The topological polar surface area (TPSA) is 53.9 Å². The molecule has 1 aliphatic heterocycles. The Morgan fingerprint density at radius 3 is 2.90 bits per heavy atom. The first kappa shape index (κ1) is 13.9. The van der Waals surface area contributed by atoms with Crippen molar-refractivity contribution >= 4 is 5.91 Å². The quantitative estimate of drug-likeness (QED) is 0.941. The Morgan fingerprint density at radius 2 is 2.24 bits per heavy atom. The molecule has 0 fully saturated rings. The summed E-state index contributed by atoms with van der Waals surface area (Å²) < 4.78 is 2.26. The highest BCUT2D eigenvalue weighted by Gasteiger charge is 2.29. The number of carbonyl (C=O) groups is 1. The molecule has 0 bridgehead atoms. The second-order valence-electron chi connectivity index (χ2n) is 5.73. The maximum Gasteiger partial charge on any atom is 0.227 e. The van der Waals surface area contributed by atoms with Crippen molar-refractivity contribution in [2.45, 2.75) is 46.2 Å². The molecule has 2 aromatic heterocycles. The fourth-order valence-corrected chi connectivity index (χ4v) is 3.28. The van der Waals surface area contributed by atoms with Crippen molar-refractivity contribution < 1.29 is 4.79 Å². The van der Waals surface area contributed by atoms with E-state index in [4.69, 9.17) is 0 Å². The summed E-state index contributed by atoms with van der Waals surface area (Å²) in [6.07, 6.45) is 3.48. The molecule has 0 saturated carbocycles. The van der Waals surface area contributed by atoms with Crippen molar-refractivity contribution in [1.29, 1.82) is 0 Å². The van der Waals surface area contributed by atoms with E-state index >= 15 is 0 Å². The second kappa shape index (κ2) is 5.39. The van der Waals surface area contributed by atoms with Crippen LogP contribution < -0.4 is 0 Å². The lowest BCUT2D eigenvalue weighted by molar-refractivity contribution is -0.134. The Hall–Kier alpha value is -2.04. The highest BCUT2D eigenvalue weighted by Crippen LogP contribution is 2.29. The first-order chi connectivity index (χ1) is 10.1. The maximum absolute atomic E-state index is 12.7. The first-order valence-electron chi connectivity index (χ1n) is 7.56. The first-order valence-corrected chi connectivity index (χ1v) is 7.56. The van der Waals surface area contributed by atoms with E-state index in [1.54, 1.807) is 0 Å². The summed E-state index contributed by atoms with van der Waals surface area (Å²) in [5.41, 5.74) is 4.21. The van der Waals surface area contributed by atoms with Crippen LogP contribution in [0, 0.1) is 13.8 Å². The number of nitrogens with one attached hydrogen (secondary N) is 1. The molecule has 0 unspecified atom stereocenters. The molecule has 1 atom stereocenters. The number of fused-ring (bicyclic) bond motifs is 1. The number of rotatable bonds is 3. The number of nitrogens with zero attached hydrogens (tertiary/aromatic N) is 3. The lowest BCUT2D eigenvalue weighted by Crippen LogP contribution is -2.42. The van der Waals surface area contributed by atoms with Crippen molar-refractivity contribution in [2.24, 2.45) is 0 Å². The van der Waals surface area contributed by atoms with Gasteiger partial charge in [-0.25, -0.2) is 0 Å². The molecule has 2 aromatic rings. The molecule has 1 aliphatic rings. The number of aromatic amines is 1. The smallest absolute Gasteiger partial charge is 0.227 e. The minimum absolute atomic E-state index is 0.189. The third kappa shape index (κ3) is 2.37. The predicted octanol–water partition coefficient (Wildman–Crippen LogP) is 2.36. The van der Waals surface area contributed by atoms with E-state index in [9.17, 15) is 4.79 Å². The Kier molecular flexibility index (Phi) is 3.57. The van der Waals surface area contributed by atoms with E-state index in [1.807, 2.05) is 18.7 Å². The van der Waals surface area contributed by atoms with Crippen LogP contribution in [0.3, 0.4) is 0 Å². The SMILES string of the molecule is CC[C@@H]1c2cccn2CCN1C(=O)Cc1c(C)n[nH]c1C. The van der Waals surface area contributed by atoms with Gasteiger partial charge in [0.2, 0.25) is 5.91 Å². The van der Waals surface area contributed by atoms with E-state index in [0.29, 0.717) is 6.42 Å². The Morgan fingerprint density at radius 1 is 1.43 bits per heavy atom. The summed E-state index contributed by atoms with van der Waals surface area (Å²) in [7, 11) is 0. The molecule has 0 aliphatic carbocycles. The largest absolute Gasteiger partial charge is 0.348 e. The molecule has 112 valence electrons. The minimum atomic E-state index is 0.189. The van der Waals surface area contributed by atoms with Crippen LogP contribution >= 0.6 is 0 Å². The average Bonchev–Trinajstić information content (AvgIpc) is 3.07. The molecule has 5 nitrogen and oxygen atoms in total. The van der Waals surface area contributed by atoms with Crippen LogP contribution in [0.25, 0.3) is 0 Å². The average molecular weight is 286 g/mol. The maximum atomic E-state index is 12.7. The van der Waals surface area contributed by atoms with Crippen LogP contribution in [0.5, 0.6) is 0 Å². The Bertz CT molecular complexity index is 636. The zero-order chi connectivity index (χ0) is 15.0. The molecular formula is C16H22N4O. The molecule has 0 aromatic carbocycles. The van der Waals surface area contributed by atoms with Gasteiger partial charge in [-0.3, -0.25) is 9.89 Å². The molecule has 0 radical (unpaired) electrons. The zero-order valence-corrected chi connectivity index (χ0v) is 12.9. The number of aromatic nitrogens is 3. The fraction of sp³-hybridized carbons (Fsp3) is 0.500. The van der Waals surface area contributed by atoms with Crippen molar-refractivity contribution in [2.75, 3.05) is 6.54 Å². The van der Waals surface area contributed by atoms with Crippen molar-refractivity contribution in [3.05, 3.63) is 41.0 Å². The molecule has 21 heavy (non-hydrogen) atoms. The third-order valence-electron chi connectivity index (χ3n) is 4.48. The van der Waals surface area contributed by atoms with Gasteiger partial charge in [-0.2, -0.15) is 5.10 Å². The van der Waals surface area contributed by atoms with Crippen molar-refractivity contribution in [1.82, 2.24) is 19.7 Å². The number of hydrogen-bond acceptors (Lipinski definition) is 2. The fourth-order valence-electron chi connectivity index (χ4n) is 3.28. The van der Waals surface area contributed by atoms with Crippen LogP contribution in [0.2, 0.25) is 0 Å². The van der Waals surface area contributed by atoms with E-state index in [1.165, 1.54) is 5.69 Å². The van der Waals surface area contributed by atoms with E-state index in [0.717, 1.165) is 36.5 Å². The lowest BCUT2D eigenvalue weighted by atomic mass is 10.0. The zero-order valence-electron chi connectivity index (χ0n) is 12.9. The summed E-state index contributed by atoms with van der Waals surface area (Å²) in [6, 6.07) is 4.38. The molecule has 3 rings (SSSR count). The van der Waals surface area contributed by atoms with Crippen LogP contribution in [-0.2, 0) is 17.8 Å². The number of aryl methyl sites for hydroxylation is 2. The summed E-state index contributed by atoms with van der Waals surface area (Å²) >= 11 is 0. The summed E-state index contributed by atoms with van der Waals surface area (Å²) in [5, 5.41) is 7.14. The highest BCUT2D eigenvalue weighted by molar-refractivity contribution is 5.80. The van der Waals surface area contributed by atoms with Crippen LogP contribution in [0.15, 0.2) is 18.3 Å². The van der Waals surface area contributed by atoms with Crippen LogP contribution in [0.1, 0.15) is 42.0 Å². The van der Waals surface area contributed by atoms with Gasteiger partial charge in [0.15, 0.2) is 0 Å². The van der Waals surface area contributed by atoms with Gasteiger partial charge in [0.05, 0.1) is 18.2 Å². The molecule has 0 saturated heterocycles. The van der Waals surface area contributed by atoms with E-state index < -0.39 is 0 Å². The number of carbonyl (C=O) groups excluding carboxylic acids is 1. The number of H-pyrrole nitrogens is 1. The van der Waals surface area contributed by atoms with E-state index in [-0.39, 0.29) is 11.9 Å². The van der Waals surface area contributed by atoms with Gasteiger partial charge in [0.1, 0.15) is 0 Å². The summed E-state index contributed by atoms with van der Waals surface area (Å²) in [4.78, 5) is 14.8. The van der Waals surface area contributed by atoms with E-state index in [2.05, 4.69) is 40.0 Å². The molecular weight excluding hydrogens is 264 g/mol. The third-order valence-corrected chi connectivity index (χ3v) is 4.48. The molecule has 1 N–H and O–H groups in total. The van der Waals surface area contributed by atoms with Gasteiger partial charge in [-0.15, -0.1) is 0 Å². The monoisotopic (exact) mass is 286 g/mol. The Balaban J connectivity index is 1.82. The van der Waals surface area contributed by atoms with Gasteiger partial charge in [0.25, 0.3) is 0 Å². The van der Waals surface area contributed by atoms with Crippen molar-refractivity contribution in [3.8, 4) is 0 Å². The van der Waals surface area contributed by atoms with Crippen LogP contribution in [-0.4, -0.2) is 32.1 Å². The van der Waals surface area contributed by atoms with Gasteiger partial charge in [-0.1, -0.05) is 6.92 Å². The second-order valence-corrected chi connectivity index (χ2v) is 5.73. The molecule has 1 amide bonds. The van der Waals surface area contributed by atoms with Gasteiger partial charge in [-0.05, 0) is 32.4 Å². The van der Waals surface area contributed by atoms with Gasteiger partial charge >= 0.3 is 0 Å². The summed E-state index contributed by atoms with van der Waals surface area (Å²) in [6.45, 7) is 7.73. The predicted molar refractivity (Wildman–Crippen MR) is 80.9 cm³/mol. The molecule has 5 heteroatoms. The number of amides is 1. The van der Waals surface area contributed by atoms with Crippen molar-refractivity contribution in [3.63, 3.8) is 0 Å². The number of hydrogen-bond donors (Lipinski definition) is 1. The van der Waals surface area contributed by atoms with Gasteiger partial charge in [0, 0.05) is 36.2 Å². The van der Waals surface area contributed by atoms with Gasteiger partial charge < -0.3 is 9.47 Å². The standard InChI is InChI=1S/C16H22N4O/c1-4-14-15-6-5-7-19(15)8-9-20(14)16(21)10-13-11(2)17-18-12(13)3/h5-7,14H,4,8-10H2,1-3H3,(H,17,18)/t14-/m1/s1. The minimum Gasteiger partial charge on any atom is -0.348 e. The lowest BCUT2D eigenvalue weighted by Gasteiger charge is -2.36. The Labute approximate surface area is 125 Å². The molecule has 0 spiro atoms. The summed E-state index contributed by atoms with van der Waals surface area (Å²) in [5.74, 6) is 0.196. The normalized spacial score (nSPS) is 17.9. The highest BCUT2D eigenvalue weighted by atomic mass is 16.2.